The molecule has 9 heteroatoms. The predicted molar refractivity (Wildman–Crippen MR) is 103 cm³/mol. The summed E-state index contributed by atoms with van der Waals surface area (Å²) in [6.07, 6.45) is 1.34. The zero-order valence-electron chi connectivity index (χ0n) is 15.1. The van der Waals surface area contributed by atoms with Crippen molar-refractivity contribution in [2.45, 2.75) is 6.61 Å². The topological polar surface area (TPSA) is 89.0 Å². The summed E-state index contributed by atoms with van der Waals surface area (Å²) in [6.45, 7) is 0.763. The van der Waals surface area contributed by atoms with Crippen LogP contribution in [-0.2, 0) is 20.9 Å². The second-order valence-electron chi connectivity index (χ2n) is 5.55. The number of hydrogen-bond donors (Lipinski definition) is 2. The van der Waals surface area contributed by atoms with Gasteiger partial charge in [-0.25, -0.2) is 9.82 Å². The Morgan fingerprint density at radius 2 is 1.93 bits per heavy atom. The smallest absolute Gasteiger partial charge is 0.329 e. The number of carbonyl (C=O) groups excluding carboxylic acids is 2. The Balaban J connectivity index is 1.85. The lowest BCUT2D eigenvalue weighted by molar-refractivity contribution is -0.139. The van der Waals surface area contributed by atoms with Crippen LogP contribution in [-0.4, -0.2) is 38.3 Å². The molecule has 0 fully saturated rings. The number of hydrogen-bond acceptors (Lipinski definition) is 5. The van der Waals surface area contributed by atoms with E-state index >= 15 is 0 Å². The number of carbonyl (C=O) groups is 2. The van der Waals surface area contributed by atoms with Crippen LogP contribution in [0.15, 0.2) is 47.6 Å². The van der Waals surface area contributed by atoms with Crippen LogP contribution in [0, 0.1) is 5.82 Å². The molecule has 0 saturated heterocycles. The number of ether oxygens (including phenoxy) is 2. The highest BCUT2D eigenvalue weighted by atomic mass is 35.5. The average Bonchev–Trinajstić information content (AvgIpc) is 2.68. The SMILES string of the molecule is COCCNC(=O)C(=O)N/N=C\c1ccc(OCc2ccc(F)cc2)c(Cl)c1. The first-order valence-electron chi connectivity index (χ1n) is 8.26. The van der Waals surface area contributed by atoms with Crippen LogP contribution in [0.25, 0.3) is 0 Å². The molecule has 2 rings (SSSR count). The summed E-state index contributed by atoms with van der Waals surface area (Å²) >= 11 is 6.17. The fourth-order valence-corrected chi connectivity index (χ4v) is 2.26. The molecular weight excluding hydrogens is 389 g/mol. The number of rotatable bonds is 8. The number of nitrogens with one attached hydrogen (secondary N) is 2. The zero-order chi connectivity index (χ0) is 20.4. The van der Waals surface area contributed by atoms with Gasteiger partial charge in [-0.3, -0.25) is 9.59 Å². The Morgan fingerprint density at radius 3 is 2.61 bits per heavy atom. The molecular formula is C19H19ClFN3O4. The van der Waals surface area contributed by atoms with Gasteiger partial charge < -0.3 is 14.8 Å². The Labute approximate surface area is 166 Å². The fourth-order valence-electron chi connectivity index (χ4n) is 2.02. The molecule has 0 saturated carbocycles. The number of amides is 2. The standard InChI is InChI=1S/C19H19ClFN3O4/c1-27-9-8-22-18(25)19(26)24-23-11-14-4-7-17(16(20)10-14)28-12-13-2-5-15(21)6-3-13/h2-7,10-11H,8-9,12H2,1H3,(H,22,25)(H,24,26)/b23-11-. The lowest BCUT2D eigenvalue weighted by atomic mass is 10.2. The number of methoxy groups -OCH3 is 1. The summed E-state index contributed by atoms with van der Waals surface area (Å²) in [6, 6.07) is 10.9. The van der Waals surface area contributed by atoms with Gasteiger partial charge in [-0.05, 0) is 41.5 Å². The number of halogens is 2. The summed E-state index contributed by atoms with van der Waals surface area (Å²) in [5.74, 6) is -1.57. The van der Waals surface area contributed by atoms with E-state index in [4.69, 9.17) is 21.1 Å². The Morgan fingerprint density at radius 1 is 1.18 bits per heavy atom. The van der Waals surface area contributed by atoms with Crippen LogP contribution in [0.4, 0.5) is 4.39 Å². The molecule has 2 amide bonds. The Hall–Kier alpha value is -2.97. The van der Waals surface area contributed by atoms with Crippen LogP contribution >= 0.6 is 11.6 Å². The third-order valence-corrected chi connectivity index (χ3v) is 3.74. The normalized spacial score (nSPS) is 10.7. The molecule has 0 radical (unpaired) electrons. The van der Waals surface area contributed by atoms with Gasteiger partial charge >= 0.3 is 11.8 Å². The van der Waals surface area contributed by atoms with Crippen molar-refractivity contribution < 1.29 is 23.5 Å². The van der Waals surface area contributed by atoms with Gasteiger partial charge in [0.25, 0.3) is 0 Å². The molecule has 0 bridgehead atoms. The van der Waals surface area contributed by atoms with Crippen molar-refractivity contribution in [3.63, 3.8) is 0 Å². The van der Waals surface area contributed by atoms with E-state index in [-0.39, 0.29) is 19.0 Å². The van der Waals surface area contributed by atoms with Gasteiger partial charge in [0.1, 0.15) is 18.2 Å². The van der Waals surface area contributed by atoms with Crippen LogP contribution < -0.4 is 15.5 Å². The molecule has 0 atom stereocenters. The molecule has 7 nitrogen and oxygen atoms in total. The first-order valence-corrected chi connectivity index (χ1v) is 8.64. The molecule has 0 aromatic heterocycles. The molecule has 28 heavy (non-hydrogen) atoms. The molecule has 0 unspecified atom stereocenters. The zero-order valence-corrected chi connectivity index (χ0v) is 15.8. The monoisotopic (exact) mass is 407 g/mol. The first-order chi connectivity index (χ1) is 13.5. The van der Waals surface area contributed by atoms with Gasteiger partial charge in [0.05, 0.1) is 17.8 Å². The van der Waals surface area contributed by atoms with Crippen LogP contribution in [0.1, 0.15) is 11.1 Å². The van der Waals surface area contributed by atoms with E-state index in [0.717, 1.165) is 5.56 Å². The summed E-state index contributed by atoms with van der Waals surface area (Å²) in [5.41, 5.74) is 3.51. The molecule has 0 aliphatic heterocycles. The quantitative estimate of drug-likeness (QED) is 0.304. The lowest BCUT2D eigenvalue weighted by Gasteiger charge is -2.08. The van der Waals surface area contributed by atoms with Crippen molar-refractivity contribution in [3.05, 3.63) is 64.4 Å². The third kappa shape index (κ3) is 6.98. The van der Waals surface area contributed by atoms with Crippen LogP contribution in [0.3, 0.4) is 0 Å². The molecule has 0 spiro atoms. The van der Waals surface area contributed by atoms with E-state index in [9.17, 15) is 14.0 Å². The van der Waals surface area contributed by atoms with Gasteiger partial charge in [0, 0.05) is 13.7 Å². The molecule has 0 heterocycles. The lowest BCUT2D eigenvalue weighted by Crippen LogP contribution is -2.39. The van der Waals surface area contributed by atoms with Gasteiger partial charge in [0.2, 0.25) is 0 Å². The second kappa shape index (κ2) is 11.0. The van der Waals surface area contributed by atoms with E-state index in [1.807, 2.05) is 0 Å². The van der Waals surface area contributed by atoms with E-state index in [0.29, 0.717) is 22.9 Å². The van der Waals surface area contributed by atoms with Gasteiger partial charge in [0.15, 0.2) is 0 Å². The van der Waals surface area contributed by atoms with Crippen molar-refractivity contribution >= 4 is 29.6 Å². The maximum atomic E-state index is 12.9. The minimum atomic E-state index is -0.891. The Kier molecular flexibility index (Phi) is 8.38. The molecule has 2 N–H and O–H groups in total. The molecule has 148 valence electrons. The van der Waals surface area contributed by atoms with E-state index < -0.39 is 11.8 Å². The summed E-state index contributed by atoms with van der Waals surface area (Å²) in [4.78, 5) is 23.0. The van der Waals surface area contributed by atoms with Crippen LogP contribution in [0.5, 0.6) is 5.75 Å². The van der Waals surface area contributed by atoms with Gasteiger partial charge in [-0.15, -0.1) is 0 Å². The number of benzene rings is 2. The molecule has 2 aromatic rings. The average molecular weight is 408 g/mol. The first kappa shape index (κ1) is 21.3. The highest BCUT2D eigenvalue weighted by molar-refractivity contribution is 6.35. The predicted octanol–water partition coefficient (Wildman–Crippen LogP) is 2.27. The number of hydrazone groups is 1. The fraction of sp³-hybridized carbons (Fsp3) is 0.211. The largest absolute Gasteiger partial charge is 0.487 e. The van der Waals surface area contributed by atoms with Crippen molar-refractivity contribution in [2.24, 2.45) is 5.10 Å². The highest BCUT2D eigenvalue weighted by Gasteiger charge is 2.11. The van der Waals surface area contributed by atoms with Crippen molar-refractivity contribution in [3.8, 4) is 5.75 Å². The van der Waals surface area contributed by atoms with Crippen molar-refractivity contribution in [2.75, 3.05) is 20.3 Å². The maximum Gasteiger partial charge on any atom is 0.329 e. The van der Waals surface area contributed by atoms with Crippen molar-refractivity contribution in [1.29, 1.82) is 0 Å². The highest BCUT2D eigenvalue weighted by Crippen LogP contribution is 2.25. The second-order valence-corrected chi connectivity index (χ2v) is 5.96. The van der Waals surface area contributed by atoms with Crippen LogP contribution in [0.2, 0.25) is 5.02 Å². The minimum absolute atomic E-state index is 0.224. The Bertz CT molecular complexity index is 844. The molecule has 0 aliphatic rings. The number of nitrogens with zero attached hydrogens (tertiary/aromatic N) is 1. The summed E-state index contributed by atoms with van der Waals surface area (Å²) in [5, 5.41) is 6.43. The summed E-state index contributed by atoms with van der Waals surface area (Å²) < 4.78 is 23.3. The maximum absolute atomic E-state index is 12.9. The van der Waals surface area contributed by atoms with E-state index in [1.165, 1.54) is 25.5 Å². The van der Waals surface area contributed by atoms with E-state index in [2.05, 4.69) is 15.8 Å². The van der Waals surface area contributed by atoms with E-state index in [1.54, 1.807) is 30.3 Å². The van der Waals surface area contributed by atoms with Gasteiger partial charge in [-0.2, -0.15) is 5.10 Å². The molecule has 0 aliphatic carbocycles. The van der Waals surface area contributed by atoms with Gasteiger partial charge in [-0.1, -0.05) is 23.7 Å². The third-order valence-electron chi connectivity index (χ3n) is 3.44. The molecule has 2 aromatic carbocycles. The summed E-state index contributed by atoms with van der Waals surface area (Å²) in [7, 11) is 1.49. The minimum Gasteiger partial charge on any atom is -0.487 e. The van der Waals surface area contributed by atoms with Crippen molar-refractivity contribution in [1.82, 2.24) is 10.7 Å².